The minimum Gasteiger partial charge on any atom is -0.380 e. The van der Waals surface area contributed by atoms with Crippen molar-refractivity contribution in [3.05, 3.63) is 11.3 Å². The summed E-state index contributed by atoms with van der Waals surface area (Å²) in [6.07, 6.45) is 1.38. The monoisotopic (exact) mass is 208 g/mol. The van der Waals surface area contributed by atoms with Crippen molar-refractivity contribution in [3.63, 3.8) is 0 Å². The summed E-state index contributed by atoms with van der Waals surface area (Å²) in [5, 5.41) is 8.84. The van der Waals surface area contributed by atoms with E-state index in [2.05, 4.69) is 4.99 Å². The fourth-order valence-corrected chi connectivity index (χ4v) is 0.740. The molecule has 15 heavy (non-hydrogen) atoms. The maximum absolute atomic E-state index is 11.5. The summed E-state index contributed by atoms with van der Waals surface area (Å²) in [5.74, 6) is -0.516. The van der Waals surface area contributed by atoms with E-state index in [9.17, 15) is 4.79 Å². The molecule has 0 unspecified atom stereocenters. The average molecular weight is 208 g/mol. The van der Waals surface area contributed by atoms with E-state index < -0.39 is 5.91 Å². The first kappa shape index (κ1) is 13.2. The van der Waals surface area contributed by atoms with Gasteiger partial charge in [-0.3, -0.25) is 4.79 Å². The molecule has 0 atom stereocenters. The van der Waals surface area contributed by atoms with Gasteiger partial charge in [0.25, 0.3) is 5.91 Å². The van der Waals surface area contributed by atoms with Gasteiger partial charge in [0.15, 0.2) is 0 Å². The van der Waals surface area contributed by atoms with Crippen LogP contribution in [0.15, 0.2) is 16.3 Å². The highest BCUT2D eigenvalue weighted by Crippen LogP contribution is 2.07. The predicted octanol–water partition coefficient (Wildman–Crippen LogP) is 0.462. The first-order valence-corrected chi connectivity index (χ1v) is 4.43. The molecule has 0 fully saturated rings. The van der Waals surface area contributed by atoms with Gasteiger partial charge >= 0.3 is 0 Å². The zero-order valence-corrected chi connectivity index (χ0v) is 9.77. The highest BCUT2D eigenvalue weighted by atomic mass is 16.1. The normalized spacial score (nSPS) is 12.0. The molecule has 0 rings (SSSR count). The second kappa shape index (κ2) is 5.81. The molecule has 0 N–H and O–H groups in total. The van der Waals surface area contributed by atoms with Crippen LogP contribution in [0.5, 0.6) is 0 Å². The third kappa shape index (κ3) is 4.27. The van der Waals surface area contributed by atoms with E-state index in [1.165, 1.54) is 6.34 Å². The van der Waals surface area contributed by atoms with Gasteiger partial charge in [-0.1, -0.05) is 0 Å². The van der Waals surface area contributed by atoms with Crippen LogP contribution in [0, 0.1) is 11.3 Å². The Balaban J connectivity index is 4.96. The highest BCUT2D eigenvalue weighted by molar-refractivity contribution is 6.01. The zero-order valence-electron chi connectivity index (χ0n) is 9.77. The number of carbonyl (C=O) groups is 1. The van der Waals surface area contributed by atoms with Gasteiger partial charge in [0.2, 0.25) is 0 Å². The Kier molecular flexibility index (Phi) is 5.10. The van der Waals surface area contributed by atoms with Crippen molar-refractivity contribution in [2.24, 2.45) is 4.99 Å². The van der Waals surface area contributed by atoms with Gasteiger partial charge in [0.1, 0.15) is 11.6 Å². The molecule has 5 heteroatoms. The summed E-state index contributed by atoms with van der Waals surface area (Å²) in [4.78, 5) is 18.5. The van der Waals surface area contributed by atoms with Crippen molar-refractivity contribution < 1.29 is 4.79 Å². The number of hydrogen-bond acceptors (Lipinski definition) is 3. The van der Waals surface area contributed by atoms with Crippen LogP contribution in [0.4, 0.5) is 0 Å². The molecule has 82 valence electrons. The summed E-state index contributed by atoms with van der Waals surface area (Å²) in [6, 6.07) is 1.86. The second-order valence-electron chi connectivity index (χ2n) is 3.48. The van der Waals surface area contributed by atoms with E-state index in [1.807, 2.05) is 6.07 Å². The van der Waals surface area contributed by atoms with Gasteiger partial charge in [-0.05, 0) is 6.92 Å². The maximum Gasteiger partial charge on any atom is 0.290 e. The van der Waals surface area contributed by atoms with Crippen LogP contribution in [0.2, 0.25) is 0 Å². The summed E-state index contributed by atoms with van der Waals surface area (Å²) < 4.78 is 0. The van der Waals surface area contributed by atoms with Crippen molar-refractivity contribution in [1.29, 1.82) is 5.26 Å². The lowest BCUT2D eigenvalue weighted by molar-refractivity contribution is -0.114. The van der Waals surface area contributed by atoms with Gasteiger partial charge in [-0.15, -0.1) is 0 Å². The fraction of sp³-hybridized carbons (Fsp3) is 0.500. The molecular formula is C10H16N4O. The number of nitriles is 1. The second-order valence-corrected chi connectivity index (χ2v) is 3.48. The number of carbonyl (C=O) groups excluding carboxylic acids is 1. The summed E-state index contributed by atoms with van der Waals surface area (Å²) in [7, 11) is 7.06. The molecule has 0 bridgehead atoms. The molecule has 0 spiro atoms. The van der Waals surface area contributed by atoms with Gasteiger partial charge in [-0.25, -0.2) is 0 Å². The lowest BCUT2D eigenvalue weighted by atomic mass is 10.2. The van der Waals surface area contributed by atoms with Gasteiger partial charge in [0, 0.05) is 33.9 Å². The molecule has 5 nitrogen and oxygen atoms in total. The molecule has 0 aromatic rings. The van der Waals surface area contributed by atoms with E-state index in [0.717, 1.165) is 0 Å². The minimum atomic E-state index is -0.516. The number of hydrogen-bond donors (Lipinski definition) is 0. The number of amides is 1. The SMILES string of the molecule is C/C(=C(/C#N)C(=O)N=CN(C)C)N(C)C. The van der Waals surface area contributed by atoms with E-state index in [0.29, 0.717) is 5.70 Å². The molecule has 0 aliphatic heterocycles. The predicted molar refractivity (Wildman–Crippen MR) is 59.2 cm³/mol. The van der Waals surface area contributed by atoms with Crippen LogP contribution in [0.1, 0.15) is 6.92 Å². The van der Waals surface area contributed by atoms with Crippen molar-refractivity contribution in [2.45, 2.75) is 6.92 Å². The fourth-order valence-electron chi connectivity index (χ4n) is 0.740. The number of aliphatic imine (C=N–C) groups is 1. The third-order valence-corrected chi connectivity index (χ3v) is 1.76. The number of nitrogens with zero attached hydrogens (tertiary/aromatic N) is 4. The molecule has 0 heterocycles. The molecule has 0 aliphatic rings. The lowest BCUT2D eigenvalue weighted by Gasteiger charge is -2.13. The van der Waals surface area contributed by atoms with E-state index in [-0.39, 0.29) is 5.57 Å². The molecule has 0 aromatic carbocycles. The number of rotatable bonds is 3. The average Bonchev–Trinajstić information content (AvgIpc) is 2.15. The van der Waals surface area contributed by atoms with Crippen LogP contribution >= 0.6 is 0 Å². The largest absolute Gasteiger partial charge is 0.380 e. The molecule has 0 aromatic heterocycles. The molecular weight excluding hydrogens is 192 g/mol. The Hall–Kier alpha value is -1.83. The molecule has 1 amide bonds. The Labute approximate surface area is 90.3 Å². The standard InChI is InChI=1S/C10H16N4O/c1-8(14(4)5)9(6-11)10(15)12-7-13(2)3/h7H,1-5H3/b9-8+,12-7?. The van der Waals surface area contributed by atoms with Crippen molar-refractivity contribution in [3.8, 4) is 6.07 Å². The quantitative estimate of drug-likeness (QED) is 0.292. The Morgan fingerprint density at radius 1 is 1.33 bits per heavy atom. The molecule has 0 aliphatic carbocycles. The molecule has 0 radical (unpaired) electrons. The smallest absolute Gasteiger partial charge is 0.290 e. The lowest BCUT2D eigenvalue weighted by Crippen LogP contribution is -2.15. The minimum absolute atomic E-state index is 0.0677. The summed E-state index contributed by atoms with van der Waals surface area (Å²) in [6.45, 7) is 1.71. The molecule has 0 saturated heterocycles. The zero-order chi connectivity index (χ0) is 12.0. The third-order valence-electron chi connectivity index (χ3n) is 1.76. The van der Waals surface area contributed by atoms with E-state index in [1.54, 1.807) is 44.9 Å². The van der Waals surface area contributed by atoms with Crippen LogP contribution in [0.3, 0.4) is 0 Å². The summed E-state index contributed by atoms with van der Waals surface area (Å²) >= 11 is 0. The van der Waals surface area contributed by atoms with Gasteiger partial charge in [-0.2, -0.15) is 10.3 Å². The Morgan fingerprint density at radius 3 is 2.20 bits per heavy atom. The van der Waals surface area contributed by atoms with Gasteiger partial charge < -0.3 is 9.80 Å². The Bertz CT molecular complexity index is 334. The summed E-state index contributed by atoms with van der Waals surface area (Å²) in [5.41, 5.74) is 0.677. The number of allylic oxidation sites excluding steroid dienone is 1. The Morgan fingerprint density at radius 2 is 1.87 bits per heavy atom. The first-order valence-electron chi connectivity index (χ1n) is 4.43. The first-order chi connectivity index (χ1) is 6.90. The van der Waals surface area contributed by atoms with Crippen LogP contribution in [0.25, 0.3) is 0 Å². The maximum atomic E-state index is 11.5. The van der Waals surface area contributed by atoms with E-state index >= 15 is 0 Å². The van der Waals surface area contributed by atoms with Gasteiger partial charge in [0.05, 0.1) is 6.34 Å². The van der Waals surface area contributed by atoms with Crippen molar-refractivity contribution in [2.75, 3.05) is 28.2 Å². The van der Waals surface area contributed by atoms with Crippen molar-refractivity contribution in [1.82, 2.24) is 9.80 Å². The van der Waals surface area contributed by atoms with E-state index in [4.69, 9.17) is 5.26 Å². The van der Waals surface area contributed by atoms with Crippen LogP contribution in [-0.2, 0) is 4.79 Å². The van der Waals surface area contributed by atoms with Crippen LogP contribution < -0.4 is 0 Å². The highest BCUT2D eigenvalue weighted by Gasteiger charge is 2.12. The van der Waals surface area contributed by atoms with Crippen LogP contribution in [-0.4, -0.2) is 50.2 Å². The molecule has 0 saturated carbocycles. The topological polar surface area (TPSA) is 59.7 Å². The van der Waals surface area contributed by atoms with Crippen molar-refractivity contribution >= 4 is 12.2 Å².